The van der Waals surface area contributed by atoms with Crippen LogP contribution in [-0.2, 0) is 33.9 Å². The number of esters is 1. The second-order valence-corrected chi connectivity index (χ2v) is 7.98. The highest BCUT2D eigenvalue weighted by atomic mass is 32.2. The van der Waals surface area contributed by atoms with Gasteiger partial charge in [0, 0.05) is 32.7 Å². The average Bonchev–Trinajstić information content (AvgIpc) is 2.60. The Morgan fingerprint density at radius 3 is 1.93 bits per heavy atom. The van der Waals surface area contributed by atoms with Crippen molar-refractivity contribution in [3.8, 4) is 0 Å². The molecule has 0 heterocycles. The Balaban J connectivity index is 4.06. The van der Waals surface area contributed by atoms with E-state index in [0.717, 1.165) is 0 Å². The first-order chi connectivity index (χ1) is 13.8. The van der Waals surface area contributed by atoms with Crippen molar-refractivity contribution >= 4 is 16.1 Å². The van der Waals surface area contributed by atoms with Crippen molar-refractivity contribution in [2.24, 2.45) is 0 Å². The van der Waals surface area contributed by atoms with Gasteiger partial charge in [-0.15, -0.1) is 0 Å². The van der Waals surface area contributed by atoms with Crippen LogP contribution in [0.4, 0.5) is 8.78 Å². The van der Waals surface area contributed by atoms with Gasteiger partial charge in [-0.25, -0.2) is 0 Å². The van der Waals surface area contributed by atoms with Crippen LogP contribution in [0.25, 0.3) is 0 Å². The van der Waals surface area contributed by atoms with Gasteiger partial charge in [0.2, 0.25) is 0 Å². The largest absolute Gasteiger partial charge is 0.498 e. The van der Waals surface area contributed by atoms with E-state index in [1.165, 1.54) is 0 Å². The molecule has 0 fully saturated rings. The number of hydrogen-bond donors (Lipinski definition) is 1. The molecule has 0 spiro atoms. The quantitative estimate of drug-likeness (QED) is 0.143. The van der Waals surface area contributed by atoms with Crippen LogP contribution < -0.4 is 0 Å². The van der Waals surface area contributed by atoms with Crippen LogP contribution in [0.15, 0.2) is 24.7 Å². The smallest absolute Gasteiger partial charge is 0.402 e. The number of ether oxygens (including phenoxy) is 4. The lowest BCUT2D eigenvalue weighted by atomic mass is 10.3. The van der Waals surface area contributed by atoms with Crippen LogP contribution >= 0.6 is 0 Å². The summed E-state index contributed by atoms with van der Waals surface area (Å²) in [7, 11) is -5.63. The Labute approximate surface area is 176 Å². The van der Waals surface area contributed by atoms with Gasteiger partial charge >= 0.3 is 21.3 Å². The molecule has 9 nitrogen and oxygen atoms in total. The van der Waals surface area contributed by atoms with Crippen LogP contribution in [-0.4, -0.2) is 81.8 Å². The molecule has 0 bridgehead atoms. The number of carbonyl (C=O) groups is 1. The summed E-state index contributed by atoms with van der Waals surface area (Å²) < 4.78 is 75.3. The number of nitrogens with zero attached hydrogens (tertiary/aromatic N) is 1. The van der Waals surface area contributed by atoms with Gasteiger partial charge in [0.1, 0.15) is 13.2 Å². The molecule has 0 saturated carbocycles. The Hall–Kier alpha value is -1.76. The van der Waals surface area contributed by atoms with Crippen molar-refractivity contribution in [1.82, 2.24) is 4.90 Å². The van der Waals surface area contributed by atoms with Gasteiger partial charge in [-0.2, -0.15) is 17.2 Å². The van der Waals surface area contributed by atoms with Gasteiger partial charge in [-0.3, -0.25) is 14.2 Å². The molecule has 0 aromatic heterocycles. The Kier molecular flexibility index (Phi) is 13.4. The topological polar surface area (TPSA) is 112 Å². The van der Waals surface area contributed by atoms with Crippen molar-refractivity contribution < 1.29 is 45.5 Å². The van der Waals surface area contributed by atoms with Gasteiger partial charge < -0.3 is 18.9 Å². The molecule has 1 N–H and O–H groups in total. The molecule has 0 unspecified atom stereocenters. The third-order valence-corrected chi connectivity index (χ3v) is 4.38. The summed E-state index contributed by atoms with van der Waals surface area (Å²) in [4.78, 5) is 13.4. The Morgan fingerprint density at radius 1 is 0.967 bits per heavy atom. The zero-order valence-corrected chi connectivity index (χ0v) is 18.2. The summed E-state index contributed by atoms with van der Waals surface area (Å²) in [5, 5.41) is -4.54. The highest BCUT2D eigenvalue weighted by Gasteiger charge is 2.45. The summed E-state index contributed by atoms with van der Waals surface area (Å²) in [5.41, 5.74) is 0. The molecular formula is C18H31F2NO8S. The number of carbonyl (C=O) groups excluding carboxylic acids is 1. The third-order valence-electron chi connectivity index (χ3n) is 3.51. The monoisotopic (exact) mass is 459 g/mol. The second kappa shape index (κ2) is 14.3. The van der Waals surface area contributed by atoms with Crippen LogP contribution in [0, 0.1) is 0 Å². The van der Waals surface area contributed by atoms with Gasteiger partial charge in [0.25, 0.3) is 0 Å². The molecule has 176 valence electrons. The normalized spacial score (nSPS) is 11.9. The van der Waals surface area contributed by atoms with E-state index in [9.17, 15) is 22.0 Å². The predicted molar refractivity (Wildman–Crippen MR) is 105 cm³/mol. The highest BCUT2D eigenvalue weighted by molar-refractivity contribution is 7.86. The summed E-state index contributed by atoms with van der Waals surface area (Å²) in [6.07, 6.45) is -0.0298. The highest BCUT2D eigenvalue weighted by Crippen LogP contribution is 2.20. The lowest BCUT2D eigenvalue weighted by Gasteiger charge is -2.22. The summed E-state index contributed by atoms with van der Waals surface area (Å²) >= 11 is 0. The lowest BCUT2D eigenvalue weighted by molar-refractivity contribution is -0.150. The minimum atomic E-state index is -5.63. The molecule has 0 amide bonds. The standard InChI is InChI=1S/C18H31F2NO8S/c1-15(2)27-12-8-21(9-13-28-16(3)4)7-11-26-10-5-6-17(22)29-14-18(19,20)30(23,24)25/h1,3,5-14H2,2,4H3,(H,23,24,25). The lowest BCUT2D eigenvalue weighted by Crippen LogP contribution is -2.34. The number of rotatable bonds is 18. The molecule has 30 heavy (non-hydrogen) atoms. The average molecular weight is 460 g/mol. The summed E-state index contributed by atoms with van der Waals surface area (Å²) in [5.74, 6) is 0.216. The van der Waals surface area contributed by atoms with Crippen molar-refractivity contribution in [3.63, 3.8) is 0 Å². The fourth-order valence-corrected chi connectivity index (χ4v) is 2.17. The van der Waals surface area contributed by atoms with Gasteiger partial charge in [-0.1, -0.05) is 13.2 Å². The molecule has 0 aliphatic heterocycles. The predicted octanol–water partition coefficient (Wildman–Crippen LogP) is 2.21. The maximum Gasteiger partial charge on any atom is 0.402 e. The summed E-state index contributed by atoms with van der Waals surface area (Å²) in [6, 6.07) is 0. The Bertz CT molecular complexity index is 635. The van der Waals surface area contributed by atoms with Crippen molar-refractivity contribution in [3.05, 3.63) is 24.7 Å². The third kappa shape index (κ3) is 14.3. The molecule has 0 aromatic rings. The molecule has 0 rings (SSSR count). The van der Waals surface area contributed by atoms with E-state index in [1.54, 1.807) is 13.8 Å². The van der Waals surface area contributed by atoms with Crippen molar-refractivity contribution in [1.29, 1.82) is 0 Å². The molecule has 0 aliphatic rings. The minimum absolute atomic E-state index is 0.183. The molecule has 0 aliphatic carbocycles. The maximum absolute atomic E-state index is 12.9. The van der Waals surface area contributed by atoms with Gasteiger partial charge in [-0.05, 0) is 20.3 Å². The van der Waals surface area contributed by atoms with Crippen LogP contribution in [0.1, 0.15) is 26.7 Å². The van der Waals surface area contributed by atoms with Crippen LogP contribution in [0.3, 0.4) is 0 Å². The molecule has 0 radical (unpaired) electrons. The van der Waals surface area contributed by atoms with Crippen LogP contribution in [0.5, 0.6) is 0 Å². The first-order valence-electron chi connectivity index (χ1n) is 9.22. The zero-order valence-electron chi connectivity index (χ0n) is 17.4. The zero-order chi connectivity index (χ0) is 23.2. The van der Waals surface area contributed by atoms with E-state index in [4.69, 9.17) is 18.8 Å². The molecule has 12 heteroatoms. The van der Waals surface area contributed by atoms with E-state index < -0.39 is 27.9 Å². The van der Waals surface area contributed by atoms with Crippen molar-refractivity contribution in [2.45, 2.75) is 31.9 Å². The minimum Gasteiger partial charge on any atom is -0.498 e. The maximum atomic E-state index is 12.9. The SMILES string of the molecule is C=C(C)OCCN(CCOCCCC(=O)OCC(F)(F)S(=O)(=O)O)CCOC(=C)C. The van der Waals surface area contributed by atoms with Gasteiger partial charge in [0.15, 0.2) is 6.61 Å². The van der Waals surface area contributed by atoms with E-state index in [1.807, 2.05) is 0 Å². The first kappa shape index (κ1) is 28.2. The van der Waals surface area contributed by atoms with Gasteiger partial charge in [0.05, 0.1) is 18.1 Å². The molecule has 0 saturated heterocycles. The number of halogens is 2. The fraction of sp³-hybridized carbons (Fsp3) is 0.722. The van der Waals surface area contributed by atoms with E-state index in [-0.39, 0.29) is 19.4 Å². The Morgan fingerprint density at radius 2 is 1.47 bits per heavy atom. The van der Waals surface area contributed by atoms with Crippen LogP contribution in [0.2, 0.25) is 0 Å². The van der Waals surface area contributed by atoms with E-state index >= 15 is 0 Å². The summed E-state index contributed by atoms with van der Waals surface area (Å²) in [6.45, 7) is 12.4. The number of hydrogen-bond acceptors (Lipinski definition) is 8. The number of alkyl halides is 2. The number of allylic oxidation sites excluding steroid dienone is 2. The molecular weight excluding hydrogens is 428 g/mol. The van der Waals surface area contributed by atoms with Crippen molar-refractivity contribution in [2.75, 3.05) is 52.7 Å². The molecule has 0 aromatic carbocycles. The fourth-order valence-electron chi connectivity index (χ4n) is 1.96. The van der Waals surface area contributed by atoms with E-state index in [2.05, 4.69) is 22.8 Å². The molecule has 0 atom stereocenters. The first-order valence-corrected chi connectivity index (χ1v) is 10.7. The van der Waals surface area contributed by atoms with E-state index in [0.29, 0.717) is 51.0 Å². The second-order valence-electron chi connectivity index (χ2n) is 6.43.